The fraction of sp³-hybridized carbons (Fsp3) is 0.882. The van der Waals surface area contributed by atoms with Crippen molar-refractivity contribution in [3.63, 3.8) is 0 Å². The molecular weight excluding hydrogens is 278 g/mol. The van der Waals surface area contributed by atoms with Gasteiger partial charge < -0.3 is 15.1 Å². The minimum absolute atomic E-state index is 0.153. The summed E-state index contributed by atoms with van der Waals surface area (Å²) in [5.74, 6) is 1.36. The lowest BCUT2D eigenvalue weighted by Gasteiger charge is -2.25. The zero-order valence-electron chi connectivity index (χ0n) is 13.6. The van der Waals surface area contributed by atoms with Gasteiger partial charge >= 0.3 is 0 Å². The van der Waals surface area contributed by atoms with E-state index in [0.29, 0.717) is 18.4 Å². The van der Waals surface area contributed by atoms with Crippen molar-refractivity contribution >= 4 is 11.8 Å². The van der Waals surface area contributed by atoms with E-state index in [0.717, 1.165) is 52.0 Å². The van der Waals surface area contributed by atoms with Crippen molar-refractivity contribution in [3.8, 4) is 0 Å². The van der Waals surface area contributed by atoms with E-state index < -0.39 is 0 Å². The Morgan fingerprint density at radius 3 is 2.36 bits per heavy atom. The van der Waals surface area contributed by atoms with Gasteiger partial charge in [0.15, 0.2) is 0 Å². The highest BCUT2D eigenvalue weighted by Crippen LogP contribution is 2.28. The van der Waals surface area contributed by atoms with E-state index in [1.54, 1.807) is 0 Å². The molecule has 0 spiro atoms. The molecule has 3 rings (SSSR count). The van der Waals surface area contributed by atoms with E-state index in [1.165, 1.54) is 25.7 Å². The molecule has 2 amide bonds. The third kappa shape index (κ3) is 3.80. The molecule has 5 nitrogen and oxygen atoms in total. The van der Waals surface area contributed by atoms with Gasteiger partial charge in [0.1, 0.15) is 0 Å². The predicted octanol–water partition coefficient (Wildman–Crippen LogP) is 1.24. The molecule has 2 saturated heterocycles. The summed E-state index contributed by atoms with van der Waals surface area (Å²) in [4.78, 5) is 28.9. The van der Waals surface area contributed by atoms with Gasteiger partial charge in [0.05, 0.1) is 5.92 Å². The number of rotatable bonds is 3. The Morgan fingerprint density at radius 1 is 0.909 bits per heavy atom. The van der Waals surface area contributed by atoms with E-state index in [-0.39, 0.29) is 11.8 Å². The van der Waals surface area contributed by atoms with Crippen LogP contribution < -0.4 is 5.32 Å². The second-order valence-corrected chi connectivity index (χ2v) is 7.10. The topological polar surface area (TPSA) is 52.7 Å². The SMILES string of the molecule is O=C(CC1CCCC1)N1CCCN(C(=O)C2CCNC2)CC1. The predicted molar refractivity (Wildman–Crippen MR) is 85.3 cm³/mol. The molecule has 1 N–H and O–H groups in total. The smallest absolute Gasteiger partial charge is 0.227 e. The standard InChI is InChI=1S/C17H29N3O2/c21-16(12-14-4-1-2-5-14)19-8-3-9-20(11-10-19)17(22)15-6-7-18-13-15/h14-15,18H,1-13H2. The Morgan fingerprint density at radius 2 is 1.64 bits per heavy atom. The monoisotopic (exact) mass is 307 g/mol. The highest BCUT2D eigenvalue weighted by atomic mass is 16.2. The number of carbonyl (C=O) groups excluding carboxylic acids is 2. The van der Waals surface area contributed by atoms with Crippen molar-refractivity contribution in [1.82, 2.24) is 15.1 Å². The van der Waals surface area contributed by atoms with Crippen LogP contribution in [0.15, 0.2) is 0 Å². The number of nitrogens with one attached hydrogen (secondary N) is 1. The van der Waals surface area contributed by atoms with Crippen molar-refractivity contribution in [2.24, 2.45) is 11.8 Å². The molecule has 124 valence electrons. The van der Waals surface area contributed by atoms with Gasteiger partial charge in [-0.3, -0.25) is 9.59 Å². The van der Waals surface area contributed by atoms with Crippen LogP contribution in [-0.4, -0.2) is 60.9 Å². The van der Waals surface area contributed by atoms with Gasteiger partial charge in [0, 0.05) is 39.1 Å². The van der Waals surface area contributed by atoms with Crippen LogP contribution in [0.25, 0.3) is 0 Å². The van der Waals surface area contributed by atoms with Crippen molar-refractivity contribution in [2.75, 3.05) is 39.3 Å². The van der Waals surface area contributed by atoms with Crippen molar-refractivity contribution in [3.05, 3.63) is 0 Å². The Bertz CT molecular complexity index is 401. The molecule has 22 heavy (non-hydrogen) atoms. The maximum absolute atomic E-state index is 12.5. The van der Waals surface area contributed by atoms with Crippen LogP contribution in [0, 0.1) is 11.8 Å². The number of amides is 2. The first-order valence-electron chi connectivity index (χ1n) is 9.01. The zero-order valence-corrected chi connectivity index (χ0v) is 13.6. The normalized spacial score (nSPS) is 27.2. The van der Waals surface area contributed by atoms with Crippen molar-refractivity contribution in [1.29, 1.82) is 0 Å². The maximum Gasteiger partial charge on any atom is 0.227 e. The van der Waals surface area contributed by atoms with Crippen molar-refractivity contribution in [2.45, 2.75) is 44.9 Å². The summed E-state index contributed by atoms with van der Waals surface area (Å²) in [6.07, 6.45) is 7.62. The highest BCUT2D eigenvalue weighted by Gasteiger charge is 2.29. The first-order valence-corrected chi connectivity index (χ1v) is 9.01. The van der Waals surface area contributed by atoms with E-state index in [2.05, 4.69) is 5.32 Å². The number of carbonyl (C=O) groups is 2. The van der Waals surface area contributed by atoms with Crippen LogP contribution in [0.5, 0.6) is 0 Å². The molecule has 1 aliphatic carbocycles. The van der Waals surface area contributed by atoms with E-state index in [4.69, 9.17) is 0 Å². The molecule has 0 radical (unpaired) electrons. The van der Waals surface area contributed by atoms with Crippen LogP contribution in [-0.2, 0) is 9.59 Å². The molecule has 3 aliphatic rings. The largest absolute Gasteiger partial charge is 0.341 e. The highest BCUT2D eigenvalue weighted by molar-refractivity contribution is 5.80. The summed E-state index contributed by atoms with van der Waals surface area (Å²) in [5, 5.41) is 3.26. The number of hydrogen-bond donors (Lipinski definition) is 1. The maximum atomic E-state index is 12.5. The number of nitrogens with zero attached hydrogens (tertiary/aromatic N) is 2. The van der Waals surface area contributed by atoms with E-state index in [1.807, 2.05) is 9.80 Å². The summed E-state index contributed by atoms with van der Waals surface area (Å²) in [5.41, 5.74) is 0. The molecule has 1 saturated carbocycles. The minimum Gasteiger partial charge on any atom is -0.341 e. The van der Waals surface area contributed by atoms with Crippen LogP contribution in [0.3, 0.4) is 0 Å². The molecular formula is C17H29N3O2. The third-order valence-corrected chi connectivity index (χ3v) is 5.51. The fourth-order valence-corrected chi connectivity index (χ4v) is 4.10. The Labute approximate surface area is 133 Å². The van der Waals surface area contributed by atoms with Gasteiger partial charge in [0.2, 0.25) is 11.8 Å². The van der Waals surface area contributed by atoms with Crippen LogP contribution in [0.1, 0.15) is 44.9 Å². The summed E-state index contributed by atoms with van der Waals surface area (Å²) in [6.45, 7) is 4.83. The molecule has 0 aromatic rings. The minimum atomic E-state index is 0.153. The molecule has 2 heterocycles. The summed E-state index contributed by atoms with van der Waals surface area (Å²) in [6, 6.07) is 0. The van der Waals surface area contributed by atoms with Crippen LogP contribution >= 0.6 is 0 Å². The van der Waals surface area contributed by atoms with Gasteiger partial charge in [-0.15, -0.1) is 0 Å². The molecule has 0 aromatic carbocycles. The molecule has 0 aromatic heterocycles. The van der Waals surface area contributed by atoms with Gasteiger partial charge in [-0.1, -0.05) is 12.8 Å². The summed E-state index contributed by atoms with van der Waals surface area (Å²) < 4.78 is 0. The van der Waals surface area contributed by atoms with Gasteiger partial charge in [-0.05, 0) is 38.1 Å². The van der Waals surface area contributed by atoms with Gasteiger partial charge in [-0.2, -0.15) is 0 Å². The van der Waals surface area contributed by atoms with Crippen LogP contribution in [0.4, 0.5) is 0 Å². The molecule has 1 atom stereocenters. The zero-order chi connectivity index (χ0) is 15.4. The van der Waals surface area contributed by atoms with Crippen LogP contribution in [0.2, 0.25) is 0 Å². The van der Waals surface area contributed by atoms with Gasteiger partial charge in [0.25, 0.3) is 0 Å². The Balaban J connectivity index is 1.48. The molecule has 5 heteroatoms. The Kier molecular flexibility index (Phi) is 5.34. The lowest BCUT2D eigenvalue weighted by molar-refractivity contribution is -0.136. The molecule has 1 unspecified atom stereocenters. The summed E-state index contributed by atoms with van der Waals surface area (Å²) >= 11 is 0. The first-order chi connectivity index (χ1) is 10.7. The van der Waals surface area contributed by atoms with E-state index in [9.17, 15) is 9.59 Å². The molecule has 0 bridgehead atoms. The summed E-state index contributed by atoms with van der Waals surface area (Å²) in [7, 11) is 0. The Hall–Kier alpha value is -1.10. The first kappa shape index (κ1) is 15.8. The molecule has 3 fully saturated rings. The third-order valence-electron chi connectivity index (χ3n) is 5.51. The van der Waals surface area contributed by atoms with E-state index >= 15 is 0 Å². The number of hydrogen-bond acceptors (Lipinski definition) is 3. The lowest BCUT2D eigenvalue weighted by atomic mass is 10.0. The second-order valence-electron chi connectivity index (χ2n) is 7.10. The lowest BCUT2D eigenvalue weighted by Crippen LogP contribution is -2.40. The van der Waals surface area contributed by atoms with Crippen molar-refractivity contribution < 1.29 is 9.59 Å². The molecule has 2 aliphatic heterocycles. The average molecular weight is 307 g/mol. The van der Waals surface area contributed by atoms with Gasteiger partial charge in [-0.25, -0.2) is 0 Å². The fourth-order valence-electron chi connectivity index (χ4n) is 4.10. The average Bonchev–Trinajstić information content (AvgIpc) is 3.16. The second kappa shape index (κ2) is 7.44. The quantitative estimate of drug-likeness (QED) is 0.853.